The number of pyridine rings is 1. The summed E-state index contributed by atoms with van der Waals surface area (Å²) in [6.07, 6.45) is 0. The summed E-state index contributed by atoms with van der Waals surface area (Å²) in [4.78, 5) is 15.3. The number of para-hydroxylation sites is 1. The van der Waals surface area contributed by atoms with E-state index in [2.05, 4.69) is 4.98 Å². The molecule has 0 fully saturated rings. The first-order valence-electron chi connectivity index (χ1n) is 5.27. The van der Waals surface area contributed by atoms with Crippen molar-refractivity contribution in [2.75, 3.05) is 0 Å². The van der Waals surface area contributed by atoms with E-state index in [9.17, 15) is 4.79 Å². The highest BCUT2D eigenvalue weighted by Gasteiger charge is 2.05. The van der Waals surface area contributed by atoms with Crippen molar-refractivity contribution < 1.29 is 9.90 Å². The number of aromatic nitrogens is 1. The van der Waals surface area contributed by atoms with Gasteiger partial charge in [-0.1, -0.05) is 24.3 Å². The molecule has 17 heavy (non-hydrogen) atoms. The molecule has 3 rings (SSSR count). The van der Waals surface area contributed by atoms with Crippen molar-refractivity contribution in [3.05, 3.63) is 54.1 Å². The lowest BCUT2D eigenvalue weighted by atomic mass is 10.1. The third kappa shape index (κ3) is 1.61. The molecule has 0 aliphatic carbocycles. The number of benzene rings is 2. The van der Waals surface area contributed by atoms with Gasteiger partial charge in [0.2, 0.25) is 0 Å². The van der Waals surface area contributed by atoms with Crippen molar-refractivity contribution in [1.82, 2.24) is 4.98 Å². The molecule has 1 aromatic heterocycles. The van der Waals surface area contributed by atoms with Crippen molar-refractivity contribution in [2.24, 2.45) is 0 Å². The number of hydrogen-bond acceptors (Lipinski definition) is 2. The lowest BCUT2D eigenvalue weighted by Crippen LogP contribution is -1.95. The maximum atomic E-state index is 10.9. The highest BCUT2D eigenvalue weighted by Crippen LogP contribution is 2.20. The second kappa shape index (κ2) is 3.56. The number of rotatable bonds is 1. The van der Waals surface area contributed by atoms with E-state index < -0.39 is 5.97 Å². The van der Waals surface area contributed by atoms with Gasteiger partial charge in [-0.05, 0) is 24.3 Å². The molecule has 0 spiro atoms. The Bertz CT molecular complexity index is 734. The minimum Gasteiger partial charge on any atom is -0.478 e. The first-order valence-corrected chi connectivity index (χ1v) is 5.27. The molecule has 3 heteroatoms. The van der Waals surface area contributed by atoms with E-state index in [1.807, 2.05) is 30.3 Å². The topological polar surface area (TPSA) is 50.2 Å². The Hall–Kier alpha value is -2.42. The third-order valence-corrected chi connectivity index (χ3v) is 2.77. The average molecular weight is 223 g/mol. The van der Waals surface area contributed by atoms with Crippen LogP contribution < -0.4 is 0 Å². The number of fused-ring (bicyclic) bond motifs is 2. The summed E-state index contributed by atoms with van der Waals surface area (Å²) >= 11 is 0. The maximum absolute atomic E-state index is 10.9. The van der Waals surface area contributed by atoms with Gasteiger partial charge in [-0.2, -0.15) is 0 Å². The molecule has 3 nitrogen and oxygen atoms in total. The highest BCUT2D eigenvalue weighted by molar-refractivity contribution is 5.97. The standard InChI is InChI=1S/C14H9NO2/c16-14(17)11-6-5-10-7-9-3-1-2-4-12(9)15-13(10)8-11/h1-8H,(H,16,17). The fourth-order valence-corrected chi connectivity index (χ4v) is 1.90. The van der Waals surface area contributed by atoms with Gasteiger partial charge in [0.15, 0.2) is 0 Å². The van der Waals surface area contributed by atoms with Crippen molar-refractivity contribution in [3.8, 4) is 0 Å². The lowest BCUT2D eigenvalue weighted by molar-refractivity contribution is 0.0697. The van der Waals surface area contributed by atoms with E-state index in [4.69, 9.17) is 5.11 Å². The number of aromatic carboxylic acids is 1. The Kier molecular flexibility index (Phi) is 2.05. The van der Waals surface area contributed by atoms with E-state index in [1.54, 1.807) is 18.2 Å². The van der Waals surface area contributed by atoms with Crippen LogP contribution in [0.3, 0.4) is 0 Å². The number of nitrogens with zero attached hydrogens (tertiary/aromatic N) is 1. The second-order valence-electron chi connectivity index (χ2n) is 3.89. The van der Waals surface area contributed by atoms with E-state index >= 15 is 0 Å². The molecule has 0 aliphatic rings. The zero-order chi connectivity index (χ0) is 11.8. The number of hydrogen-bond donors (Lipinski definition) is 1. The molecule has 2 aromatic carbocycles. The summed E-state index contributed by atoms with van der Waals surface area (Å²) < 4.78 is 0. The summed E-state index contributed by atoms with van der Waals surface area (Å²) in [5.41, 5.74) is 1.85. The molecule has 0 unspecified atom stereocenters. The van der Waals surface area contributed by atoms with E-state index in [1.165, 1.54) is 0 Å². The quantitative estimate of drug-likeness (QED) is 0.645. The third-order valence-electron chi connectivity index (χ3n) is 2.77. The van der Waals surface area contributed by atoms with Crippen LogP contribution in [-0.4, -0.2) is 16.1 Å². The van der Waals surface area contributed by atoms with Crippen LogP contribution in [0.4, 0.5) is 0 Å². The molecule has 0 bridgehead atoms. The zero-order valence-corrected chi connectivity index (χ0v) is 8.92. The van der Waals surface area contributed by atoms with Crippen LogP contribution in [0.1, 0.15) is 10.4 Å². The van der Waals surface area contributed by atoms with Crippen molar-refractivity contribution >= 4 is 27.8 Å². The summed E-state index contributed by atoms with van der Waals surface area (Å²) in [7, 11) is 0. The summed E-state index contributed by atoms with van der Waals surface area (Å²) in [6.45, 7) is 0. The minimum atomic E-state index is -0.929. The normalized spacial score (nSPS) is 10.8. The van der Waals surface area contributed by atoms with Gasteiger partial charge < -0.3 is 5.11 Å². The molecule has 0 saturated carbocycles. The summed E-state index contributed by atoms with van der Waals surface area (Å²) in [5.74, 6) is -0.929. The molecule has 0 amide bonds. The van der Waals surface area contributed by atoms with Gasteiger partial charge in [-0.15, -0.1) is 0 Å². The Labute approximate surface area is 97.3 Å². The molecule has 0 saturated heterocycles. The van der Waals surface area contributed by atoms with Crippen molar-refractivity contribution in [1.29, 1.82) is 0 Å². The molecule has 0 radical (unpaired) electrons. The number of carbonyl (C=O) groups is 1. The van der Waals surface area contributed by atoms with Crippen molar-refractivity contribution in [3.63, 3.8) is 0 Å². The van der Waals surface area contributed by atoms with Crippen LogP contribution in [0.2, 0.25) is 0 Å². The Morgan fingerprint density at radius 2 is 1.71 bits per heavy atom. The van der Waals surface area contributed by atoms with Gasteiger partial charge in [0.1, 0.15) is 0 Å². The largest absolute Gasteiger partial charge is 0.478 e. The van der Waals surface area contributed by atoms with Gasteiger partial charge in [0.05, 0.1) is 16.6 Å². The molecular weight excluding hydrogens is 214 g/mol. The molecule has 82 valence electrons. The molecular formula is C14H9NO2. The predicted octanol–water partition coefficient (Wildman–Crippen LogP) is 3.09. The fourth-order valence-electron chi connectivity index (χ4n) is 1.90. The van der Waals surface area contributed by atoms with Gasteiger partial charge in [-0.3, -0.25) is 0 Å². The van der Waals surface area contributed by atoms with Crippen LogP contribution in [0.15, 0.2) is 48.5 Å². The van der Waals surface area contributed by atoms with Crippen molar-refractivity contribution in [2.45, 2.75) is 0 Å². The van der Waals surface area contributed by atoms with Crippen LogP contribution in [0.25, 0.3) is 21.8 Å². The molecule has 1 heterocycles. The first-order chi connectivity index (χ1) is 8.24. The smallest absolute Gasteiger partial charge is 0.335 e. The van der Waals surface area contributed by atoms with Gasteiger partial charge in [-0.25, -0.2) is 9.78 Å². The SMILES string of the molecule is O=C(O)c1ccc2cc3ccccc3nc2c1. The maximum Gasteiger partial charge on any atom is 0.335 e. The van der Waals surface area contributed by atoms with Gasteiger partial charge in [0.25, 0.3) is 0 Å². The monoisotopic (exact) mass is 223 g/mol. The van der Waals surface area contributed by atoms with Gasteiger partial charge >= 0.3 is 5.97 Å². The molecule has 1 N–H and O–H groups in total. The lowest BCUT2D eigenvalue weighted by Gasteiger charge is -2.02. The first kappa shape index (κ1) is 9.78. The molecule has 3 aromatic rings. The van der Waals surface area contributed by atoms with Crippen LogP contribution >= 0.6 is 0 Å². The highest BCUT2D eigenvalue weighted by atomic mass is 16.4. The van der Waals surface area contributed by atoms with E-state index in [0.717, 1.165) is 16.3 Å². The number of carboxylic acid groups (broad SMARTS) is 1. The van der Waals surface area contributed by atoms with E-state index in [-0.39, 0.29) is 5.56 Å². The fraction of sp³-hybridized carbons (Fsp3) is 0. The minimum absolute atomic E-state index is 0.264. The average Bonchev–Trinajstić information content (AvgIpc) is 2.35. The van der Waals surface area contributed by atoms with Crippen LogP contribution in [0.5, 0.6) is 0 Å². The summed E-state index contributed by atoms with van der Waals surface area (Å²) in [5, 5.41) is 10.9. The number of carboxylic acids is 1. The molecule has 0 aliphatic heterocycles. The van der Waals surface area contributed by atoms with Crippen LogP contribution in [0, 0.1) is 0 Å². The Balaban J connectivity index is 2.36. The Morgan fingerprint density at radius 3 is 2.53 bits per heavy atom. The Morgan fingerprint density at radius 1 is 0.941 bits per heavy atom. The summed E-state index contributed by atoms with van der Waals surface area (Å²) in [6, 6.07) is 14.8. The second-order valence-corrected chi connectivity index (χ2v) is 3.89. The van der Waals surface area contributed by atoms with E-state index in [0.29, 0.717) is 5.52 Å². The van der Waals surface area contributed by atoms with Gasteiger partial charge in [0, 0.05) is 10.8 Å². The zero-order valence-electron chi connectivity index (χ0n) is 8.92. The molecule has 0 atom stereocenters. The van der Waals surface area contributed by atoms with Crippen LogP contribution in [-0.2, 0) is 0 Å². The predicted molar refractivity (Wildman–Crippen MR) is 66.2 cm³/mol.